The van der Waals surface area contributed by atoms with Crippen molar-refractivity contribution in [2.24, 2.45) is 0 Å². The first kappa shape index (κ1) is 12.0. The Kier molecular flexibility index (Phi) is 4.08. The van der Waals surface area contributed by atoms with Crippen LogP contribution in [0.5, 0.6) is 0 Å². The predicted molar refractivity (Wildman–Crippen MR) is 59.7 cm³/mol. The molecule has 1 aromatic carbocycles. The fourth-order valence-electron chi connectivity index (χ4n) is 1.81. The van der Waals surface area contributed by atoms with Crippen molar-refractivity contribution in [1.29, 1.82) is 5.26 Å². The normalized spacial score (nSPS) is 16.7. The molecule has 0 amide bonds. The molecule has 0 spiro atoms. The van der Waals surface area contributed by atoms with Crippen molar-refractivity contribution in [2.45, 2.75) is 25.6 Å². The molecule has 17 heavy (non-hydrogen) atoms. The monoisotopic (exact) mass is 235 g/mol. The highest BCUT2D eigenvalue weighted by atomic mass is 19.1. The molecule has 0 unspecified atom stereocenters. The molecule has 0 aliphatic carbocycles. The molecule has 1 aliphatic rings. The molecule has 0 N–H and O–H groups in total. The summed E-state index contributed by atoms with van der Waals surface area (Å²) in [6.07, 6.45) is 1.83. The summed E-state index contributed by atoms with van der Waals surface area (Å²) in [7, 11) is 0. The predicted octanol–water partition coefficient (Wildman–Crippen LogP) is 2.39. The van der Waals surface area contributed by atoms with Crippen LogP contribution in [0, 0.1) is 17.1 Å². The molecule has 0 radical (unpaired) electrons. The van der Waals surface area contributed by atoms with Crippen molar-refractivity contribution >= 4 is 0 Å². The second kappa shape index (κ2) is 5.76. The van der Waals surface area contributed by atoms with Gasteiger partial charge in [-0.05, 0) is 31.0 Å². The van der Waals surface area contributed by atoms with Crippen molar-refractivity contribution < 1.29 is 13.9 Å². The molecule has 1 saturated heterocycles. The summed E-state index contributed by atoms with van der Waals surface area (Å²) in [6.45, 7) is 1.61. The van der Waals surface area contributed by atoms with Gasteiger partial charge in [-0.25, -0.2) is 4.39 Å². The van der Waals surface area contributed by atoms with Gasteiger partial charge in [0.1, 0.15) is 5.82 Å². The van der Waals surface area contributed by atoms with E-state index < -0.39 is 0 Å². The van der Waals surface area contributed by atoms with Crippen LogP contribution in [-0.2, 0) is 16.1 Å². The Hall–Kier alpha value is -1.44. The van der Waals surface area contributed by atoms with Gasteiger partial charge in [-0.2, -0.15) is 5.26 Å². The van der Waals surface area contributed by atoms with E-state index in [0.29, 0.717) is 24.3 Å². The van der Waals surface area contributed by atoms with E-state index in [1.54, 1.807) is 0 Å². The Bertz CT molecular complexity index is 422. The molecule has 1 aliphatic heterocycles. The van der Waals surface area contributed by atoms with Gasteiger partial charge >= 0.3 is 0 Å². The van der Waals surface area contributed by atoms with E-state index in [4.69, 9.17) is 14.7 Å². The first-order chi connectivity index (χ1) is 8.29. The molecular formula is C13H14FNO2. The maximum Gasteiger partial charge on any atom is 0.128 e. The van der Waals surface area contributed by atoms with E-state index in [0.717, 1.165) is 12.8 Å². The van der Waals surface area contributed by atoms with E-state index in [1.165, 1.54) is 18.2 Å². The maximum atomic E-state index is 13.4. The SMILES string of the molecule is N#Cc1ccc(F)c(COC2CCOCC2)c1. The van der Waals surface area contributed by atoms with Crippen LogP contribution in [0.1, 0.15) is 24.0 Å². The second-order valence-electron chi connectivity index (χ2n) is 4.04. The molecule has 4 heteroatoms. The summed E-state index contributed by atoms with van der Waals surface area (Å²) in [5.41, 5.74) is 0.896. The fraction of sp³-hybridized carbons (Fsp3) is 0.462. The molecule has 0 bridgehead atoms. The van der Waals surface area contributed by atoms with Gasteiger partial charge in [-0.15, -0.1) is 0 Å². The lowest BCUT2D eigenvalue weighted by molar-refractivity contribution is -0.0397. The van der Waals surface area contributed by atoms with Gasteiger partial charge in [-0.1, -0.05) is 0 Å². The van der Waals surface area contributed by atoms with Gasteiger partial charge in [0, 0.05) is 18.8 Å². The van der Waals surface area contributed by atoms with E-state index in [2.05, 4.69) is 0 Å². The number of hydrogen-bond donors (Lipinski definition) is 0. The van der Waals surface area contributed by atoms with Gasteiger partial charge in [-0.3, -0.25) is 0 Å². The minimum absolute atomic E-state index is 0.133. The fourth-order valence-corrected chi connectivity index (χ4v) is 1.81. The molecule has 3 nitrogen and oxygen atoms in total. The lowest BCUT2D eigenvalue weighted by atomic mass is 10.1. The Labute approximate surface area is 99.8 Å². The van der Waals surface area contributed by atoms with E-state index >= 15 is 0 Å². The van der Waals surface area contributed by atoms with Crippen molar-refractivity contribution in [3.05, 3.63) is 35.1 Å². The van der Waals surface area contributed by atoms with Crippen LogP contribution < -0.4 is 0 Å². The summed E-state index contributed by atoms with van der Waals surface area (Å²) in [5.74, 6) is -0.323. The van der Waals surface area contributed by atoms with E-state index in [-0.39, 0.29) is 18.5 Å². The number of hydrogen-bond acceptors (Lipinski definition) is 3. The third-order valence-corrected chi connectivity index (χ3v) is 2.82. The molecule has 90 valence electrons. The molecule has 1 fully saturated rings. The summed E-state index contributed by atoms with van der Waals surface area (Å²) in [5, 5.41) is 8.74. The van der Waals surface area contributed by atoms with Gasteiger partial charge in [0.2, 0.25) is 0 Å². The smallest absolute Gasteiger partial charge is 0.128 e. The summed E-state index contributed by atoms with van der Waals surface area (Å²) in [6, 6.07) is 6.30. The molecule has 1 aromatic rings. The largest absolute Gasteiger partial charge is 0.381 e. The number of ether oxygens (including phenoxy) is 2. The first-order valence-corrected chi connectivity index (χ1v) is 5.67. The van der Waals surface area contributed by atoms with Crippen LogP contribution in [-0.4, -0.2) is 19.3 Å². The Morgan fingerprint density at radius 1 is 1.41 bits per heavy atom. The molecule has 1 heterocycles. The van der Waals surface area contributed by atoms with Gasteiger partial charge in [0.15, 0.2) is 0 Å². The highest BCUT2D eigenvalue weighted by Crippen LogP contribution is 2.16. The third-order valence-electron chi connectivity index (χ3n) is 2.82. The highest BCUT2D eigenvalue weighted by Gasteiger charge is 2.15. The van der Waals surface area contributed by atoms with Gasteiger partial charge in [0.25, 0.3) is 0 Å². The number of nitrogens with zero attached hydrogens (tertiary/aromatic N) is 1. The highest BCUT2D eigenvalue weighted by molar-refractivity contribution is 5.33. The van der Waals surface area contributed by atoms with Crippen LogP contribution in [0.25, 0.3) is 0 Å². The van der Waals surface area contributed by atoms with E-state index in [9.17, 15) is 4.39 Å². The third kappa shape index (κ3) is 3.26. The molecule has 0 aromatic heterocycles. The summed E-state index contributed by atoms with van der Waals surface area (Å²) >= 11 is 0. The van der Waals surface area contributed by atoms with Crippen LogP contribution in [0.4, 0.5) is 4.39 Å². The van der Waals surface area contributed by atoms with Crippen molar-refractivity contribution in [3.63, 3.8) is 0 Å². The lowest BCUT2D eigenvalue weighted by Crippen LogP contribution is -2.23. The van der Waals surface area contributed by atoms with E-state index in [1.807, 2.05) is 6.07 Å². The number of benzene rings is 1. The van der Waals surface area contributed by atoms with Crippen LogP contribution >= 0.6 is 0 Å². The van der Waals surface area contributed by atoms with Gasteiger partial charge in [0.05, 0.1) is 24.3 Å². The number of halogens is 1. The second-order valence-corrected chi connectivity index (χ2v) is 4.04. The average Bonchev–Trinajstić information content (AvgIpc) is 2.39. The zero-order valence-electron chi connectivity index (χ0n) is 9.49. The summed E-state index contributed by atoms with van der Waals surface area (Å²) < 4.78 is 24.3. The first-order valence-electron chi connectivity index (χ1n) is 5.67. The molecular weight excluding hydrogens is 221 g/mol. The van der Waals surface area contributed by atoms with Crippen molar-refractivity contribution in [2.75, 3.05) is 13.2 Å². The minimum atomic E-state index is -0.323. The Morgan fingerprint density at radius 2 is 2.18 bits per heavy atom. The van der Waals surface area contributed by atoms with Crippen molar-refractivity contribution in [3.8, 4) is 6.07 Å². The Morgan fingerprint density at radius 3 is 2.88 bits per heavy atom. The van der Waals surface area contributed by atoms with Crippen LogP contribution in [0.15, 0.2) is 18.2 Å². The maximum absolute atomic E-state index is 13.4. The molecule has 2 rings (SSSR count). The quantitative estimate of drug-likeness (QED) is 0.807. The average molecular weight is 235 g/mol. The van der Waals surface area contributed by atoms with Gasteiger partial charge < -0.3 is 9.47 Å². The standard InChI is InChI=1S/C13H14FNO2/c14-13-2-1-10(8-15)7-11(13)9-17-12-3-5-16-6-4-12/h1-2,7,12H,3-6,9H2. The number of rotatable bonds is 3. The lowest BCUT2D eigenvalue weighted by Gasteiger charge is -2.22. The minimum Gasteiger partial charge on any atom is -0.381 e. The Balaban J connectivity index is 1.95. The van der Waals surface area contributed by atoms with Crippen LogP contribution in [0.3, 0.4) is 0 Å². The topological polar surface area (TPSA) is 42.2 Å². The zero-order chi connectivity index (χ0) is 12.1. The zero-order valence-corrected chi connectivity index (χ0v) is 9.49. The number of nitriles is 1. The van der Waals surface area contributed by atoms with Crippen molar-refractivity contribution in [1.82, 2.24) is 0 Å². The summed E-state index contributed by atoms with van der Waals surface area (Å²) in [4.78, 5) is 0. The molecule has 0 saturated carbocycles. The molecule has 0 atom stereocenters. The van der Waals surface area contributed by atoms with Crippen LogP contribution in [0.2, 0.25) is 0 Å².